The highest BCUT2D eigenvalue weighted by Gasteiger charge is 2.17. The van der Waals surface area contributed by atoms with Gasteiger partial charge >= 0.3 is 0 Å². The second-order valence-electron chi connectivity index (χ2n) is 6.72. The Bertz CT molecular complexity index is 1040. The summed E-state index contributed by atoms with van der Waals surface area (Å²) in [5.74, 6) is 0.0905. The van der Waals surface area contributed by atoms with Crippen molar-refractivity contribution in [1.82, 2.24) is 5.32 Å². The number of thiophene rings is 1. The molecule has 1 atom stereocenters. The van der Waals surface area contributed by atoms with Crippen LogP contribution >= 0.6 is 39.0 Å². The second-order valence-corrected chi connectivity index (χ2v) is 10.2. The van der Waals surface area contributed by atoms with Crippen molar-refractivity contribution < 1.29 is 4.79 Å². The van der Waals surface area contributed by atoms with Crippen LogP contribution in [0.5, 0.6) is 0 Å². The van der Waals surface area contributed by atoms with Gasteiger partial charge in [-0.15, -0.1) is 11.3 Å². The molecule has 1 unspecified atom stereocenters. The van der Waals surface area contributed by atoms with Gasteiger partial charge in [0.15, 0.2) is 5.78 Å². The molecule has 0 aliphatic carbocycles. The van der Waals surface area contributed by atoms with Crippen LogP contribution in [0.2, 0.25) is 0 Å². The van der Waals surface area contributed by atoms with E-state index in [1.807, 2.05) is 18.2 Å². The smallest absolute Gasteiger partial charge is 0.159 e. The van der Waals surface area contributed by atoms with Crippen LogP contribution in [0.4, 0.5) is 0 Å². The fraction of sp³-hybridized carbons (Fsp3) is 0.174. The number of halogens is 1. The van der Waals surface area contributed by atoms with Crippen molar-refractivity contribution in [3.63, 3.8) is 0 Å². The predicted molar refractivity (Wildman–Crippen MR) is 123 cm³/mol. The molecule has 0 saturated heterocycles. The van der Waals surface area contributed by atoms with Gasteiger partial charge in [0, 0.05) is 20.7 Å². The van der Waals surface area contributed by atoms with Gasteiger partial charge in [-0.2, -0.15) is 0 Å². The Balaban J connectivity index is 1.78. The summed E-state index contributed by atoms with van der Waals surface area (Å²) in [6.07, 6.45) is 5.54. The number of hydrogen-bond acceptors (Lipinski definition) is 4. The molecule has 0 fully saturated rings. The Hall–Kier alpha value is -1.66. The van der Waals surface area contributed by atoms with E-state index in [1.54, 1.807) is 30.0 Å². The second kappa shape index (κ2) is 8.78. The van der Waals surface area contributed by atoms with Crippen LogP contribution in [0.1, 0.15) is 35.3 Å². The largest absolute Gasteiger partial charge is 0.306 e. The topological polar surface area (TPSA) is 29.1 Å². The number of ketones is 1. The molecule has 1 aromatic heterocycles. The zero-order valence-electron chi connectivity index (χ0n) is 15.4. The van der Waals surface area contributed by atoms with Gasteiger partial charge in [0.25, 0.3) is 0 Å². The van der Waals surface area contributed by atoms with E-state index in [0.717, 1.165) is 27.9 Å². The molecule has 2 heterocycles. The van der Waals surface area contributed by atoms with E-state index in [0.29, 0.717) is 0 Å². The summed E-state index contributed by atoms with van der Waals surface area (Å²) in [6.45, 7) is 2.60. The lowest BCUT2D eigenvalue weighted by Gasteiger charge is -2.22. The van der Waals surface area contributed by atoms with Crippen LogP contribution in [0.15, 0.2) is 79.6 Å². The number of nitrogens with one attached hydrogen (secondary N) is 1. The highest BCUT2D eigenvalue weighted by molar-refractivity contribution is 9.11. The van der Waals surface area contributed by atoms with Crippen molar-refractivity contribution in [2.45, 2.75) is 29.2 Å². The lowest BCUT2D eigenvalue weighted by molar-refractivity contribution is 0.101. The number of carbonyl (C=O) groups is 1. The fourth-order valence-corrected chi connectivity index (χ4v) is 5.69. The normalized spacial score (nSPS) is 16.3. The summed E-state index contributed by atoms with van der Waals surface area (Å²) < 4.78 is 1.14. The molecule has 0 spiro atoms. The van der Waals surface area contributed by atoms with Crippen LogP contribution < -0.4 is 5.32 Å². The maximum atomic E-state index is 11.9. The van der Waals surface area contributed by atoms with Gasteiger partial charge in [-0.25, -0.2) is 0 Å². The van der Waals surface area contributed by atoms with E-state index in [-0.39, 0.29) is 11.8 Å². The molecule has 5 heteroatoms. The van der Waals surface area contributed by atoms with Gasteiger partial charge in [0.05, 0.1) is 9.83 Å². The molecule has 2 nitrogen and oxygen atoms in total. The van der Waals surface area contributed by atoms with Gasteiger partial charge in [0.1, 0.15) is 0 Å². The first-order chi connectivity index (χ1) is 13.6. The van der Waals surface area contributed by atoms with Crippen molar-refractivity contribution in [1.29, 1.82) is 0 Å². The van der Waals surface area contributed by atoms with Crippen LogP contribution in [0, 0.1) is 0 Å². The predicted octanol–water partition coefficient (Wildman–Crippen LogP) is 7.12. The zero-order valence-corrected chi connectivity index (χ0v) is 18.7. The molecule has 1 N–H and O–H groups in total. The van der Waals surface area contributed by atoms with Gasteiger partial charge in [-0.05, 0) is 76.8 Å². The van der Waals surface area contributed by atoms with E-state index in [4.69, 9.17) is 0 Å². The number of carbonyl (C=O) groups excluding carboxylic acids is 1. The van der Waals surface area contributed by atoms with E-state index in [2.05, 4.69) is 69.1 Å². The van der Waals surface area contributed by atoms with Crippen molar-refractivity contribution in [2.24, 2.45) is 0 Å². The standard InChI is InChI=1S/C23H20BrNOS2/c1-15(26)16-5-4-6-17(11-16)21-12-18(28-19-13-23(24)27-14-19)8-9-20(21)22-7-2-3-10-25-22/h2,4-9,11-14,22,25H,3,10H2,1H3. The average molecular weight is 470 g/mol. The van der Waals surface area contributed by atoms with E-state index >= 15 is 0 Å². The van der Waals surface area contributed by atoms with Crippen LogP contribution in [-0.2, 0) is 0 Å². The molecule has 142 valence electrons. The minimum atomic E-state index is 0.0905. The SMILES string of the molecule is CC(=O)c1cccc(-c2cc(Sc3csc(Br)c3)ccc2C2C=CCCN2)c1. The molecule has 0 radical (unpaired) electrons. The van der Waals surface area contributed by atoms with E-state index in [9.17, 15) is 4.79 Å². The molecule has 3 aromatic rings. The molecule has 2 aromatic carbocycles. The summed E-state index contributed by atoms with van der Waals surface area (Å²) >= 11 is 6.99. The molecule has 1 aliphatic heterocycles. The van der Waals surface area contributed by atoms with Crippen molar-refractivity contribution >= 4 is 44.8 Å². The highest BCUT2D eigenvalue weighted by atomic mass is 79.9. The van der Waals surface area contributed by atoms with Crippen molar-refractivity contribution in [3.05, 3.63) is 81.0 Å². The van der Waals surface area contributed by atoms with E-state index in [1.165, 1.54) is 20.9 Å². The van der Waals surface area contributed by atoms with Crippen LogP contribution in [0.25, 0.3) is 11.1 Å². The molecular formula is C23H20BrNOS2. The summed E-state index contributed by atoms with van der Waals surface area (Å²) in [5, 5.41) is 5.75. The minimum absolute atomic E-state index is 0.0905. The fourth-order valence-electron chi connectivity index (χ4n) is 3.35. The Morgan fingerprint density at radius 1 is 1.18 bits per heavy atom. The quantitative estimate of drug-likeness (QED) is 0.318. The molecule has 0 amide bonds. The van der Waals surface area contributed by atoms with Gasteiger partial charge in [-0.3, -0.25) is 4.79 Å². The van der Waals surface area contributed by atoms with Gasteiger partial charge in [0.2, 0.25) is 0 Å². The zero-order chi connectivity index (χ0) is 19.5. The Kier molecular flexibility index (Phi) is 6.16. The first-order valence-electron chi connectivity index (χ1n) is 9.17. The minimum Gasteiger partial charge on any atom is -0.306 e. The summed E-state index contributed by atoms with van der Waals surface area (Å²) in [5.41, 5.74) is 4.24. The number of benzene rings is 2. The number of hydrogen-bond donors (Lipinski definition) is 1. The molecule has 0 bridgehead atoms. The summed E-state index contributed by atoms with van der Waals surface area (Å²) in [7, 11) is 0. The molecular weight excluding hydrogens is 450 g/mol. The molecule has 0 saturated carbocycles. The van der Waals surface area contributed by atoms with Crippen LogP contribution in [0.3, 0.4) is 0 Å². The maximum Gasteiger partial charge on any atom is 0.159 e. The Morgan fingerprint density at radius 2 is 2.07 bits per heavy atom. The molecule has 28 heavy (non-hydrogen) atoms. The first-order valence-corrected chi connectivity index (χ1v) is 11.7. The number of Topliss-reactive ketones (excluding diaryl/α,β-unsaturated/α-hetero) is 1. The van der Waals surface area contributed by atoms with Crippen molar-refractivity contribution in [2.75, 3.05) is 6.54 Å². The molecule has 1 aliphatic rings. The van der Waals surface area contributed by atoms with Gasteiger partial charge in [-0.1, -0.05) is 48.2 Å². The average Bonchev–Trinajstić information content (AvgIpc) is 3.13. The third-order valence-corrected chi connectivity index (χ3v) is 7.34. The van der Waals surface area contributed by atoms with Crippen molar-refractivity contribution in [3.8, 4) is 11.1 Å². The summed E-state index contributed by atoms with van der Waals surface area (Å²) in [4.78, 5) is 14.3. The third-order valence-electron chi connectivity index (χ3n) is 4.72. The molecule has 4 rings (SSSR count). The Labute approximate surface area is 182 Å². The third kappa shape index (κ3) is 4.49. The number of rotatable bonds is 5. The van der Waals surface area contributed by atoms with Gasteiger partial charge < -0.3 is 5.32 Å². The lowest BCUT2D eigenvalue weighted by atomic mass is 9.92. The summed E-state index contributed by atoms with van der Waals surface area (Å²) in [6, 6.07) is 16.9. The highest BCUT2D eigenvalue weighted by Crippen LogP contribution is 2.38. The monoisotopic (exact) mass is 469 g/mol. The van der Waals surface area contributed by atoms with E-state index < -0.39 is 0 Å². The first kappa shape index (κ1) is 19.6. The maximum absolute atomic E-state index is 11.9. The Morgan fingerprint density at radius 3 is 2.79 bits per heavy atom. The lowest BCUT2D eigenvalue weighted by Crippen LogP contribution is -2.24. The van der Waals surface area contributed by atoms with Crippen LogP contribution in [-0.4, -0.2) is 12.3 Å².